The van der Waals surface area contributed by atoms with E-state index in [0.717, 1.165) is 0 Å². The van der Waals surface area contributed by atoms with E-state index in [0.29, 0.717) is 22.1 Å². The molecule has 0 unspecified atom stereocenters. The molecule has 1 aromatic carbocycles. The van der Waals surface area contributed by atoms with E-state index in [-0.39, 0.29) is 29.6 Å². The molecule has 1 aromatic heterocycles. The molecule has 0 aliphatic rings. The molecule has 0 radical (unpaired) electrons. The highest BCUT2D eigenvalue weighted by Crippen LogP contribution is 2.25. The number of hydrogen-bond acceptors (Lipinski definition) is 3. The number of nitrogens with zero attached hydrogens (tertiary/aromatic N) is 2. The Morgan fingerprint density at radius 3 is 2.76 bits per heavy atom. The third-order valence-corrected chi connectivity index (χ3v) is 3.50. The maximum absolute atomic E-state index is 13.7. The largest absolute Gasteiger partial charge is 0.369 e. The van der Waals surface area contributed by atoms with Crippen molar-refractivity contribution in [2.24, 2.45) is 0 Å². The molecular weight excluding hydrogens is 339 g/mol. The van der Waals surface area contributed by atoms with Crippen molar-refractivity contribution in [1.29, 1.82) is 0 Å². The quantitative estimate of drug-likeness (QED) is 0.887. The Morgan fingerprint density at radius 1 is 1.48 bits per heavy atom. The minimum absolute atomic E-state index is 0.0821. The summed E-state index contributed by atoms with van der Waals surface area (Å²) >= 11 is 3.12. The molecule has 5 nitrogen and oxygen atoms in total. The Kier molecular flexibility index (Phi) is 4.22. The zero-order valence-corrected chi connectivity index (χ0v) is 13.8. The van der Waals surface area contributed by atoms with Crippen LogP contribution in [0.25, 0.3) is 11.0 Å². The second-order valence-corrected chi connectivity index (χ2v) is 6.78. The molecule has 0 aliphatic carbocycles. The number of anilines is 1. The number of halogens is 2. The summed E-state index contributed by atoms with van der Waals surface area (Å²) in [4.78, 5) is 16.0. The van der Waals surface area contributed by atoms with Gasteiger partial charge in [-0.05, 0) is 42.8 Å². The van der Waals surface area contributed by atoms with Crippen LogP contribution in [0.4, 0.5) is 10.3 Å². The number of rotatable bonds is 3. The topological polar surface area (TPSA) is 72.9 Å². The molecular formula is C14H18BrFN4O. The zero-order valence-electron chi connectivity index (χ0n) is 12.2. The minimum Gasteiger partial charge on any atom is -0.369 e. The molecule has 0 bridgehead atoms. The molecule has 0 fully saturated rings. The summed E-state index contributed by atoms with van der Waals surface area (Å²) in [6.45, 7) is 6.10. The van der Waals surface area contributed by atoms with E-state index in [9.17, 15) is 9.18 Å². The predicted molar refractivity (Wildman–Crippen MR) is 84.3 cm³/mol. The van der Waals surface area contributed by atoms with Crippen LogP contribution in [0.15, 0.2) is 16.6 Å². The first-order valence-electron chi connectivity index (χ1n) is 6.59. The standard InChI is InChI=1S/C14H18BrFN4O/c1-14(2,3)19-12(21)4-5-20-11-7-9(16)8(15)6-10(11)18-13(20)17/h6-7H,4-5H2,1-3H3,(H2,17,18)(H,19,21). The van der Waals surface area contributed by atoms with Gasteiger partial charge in [-0.15, -0.1) is 0 Å². The lowest BCUT2D eigenvalue weighted by atomic mass is 10.1. The Labute approximate surface area is 130 Å². The van der Waals surface area contributed by atoms with Crippen molar-refractivity contribution in [3.05, 3.63) is 22.4 Å². The highest BCUT2D eigenvalue weighted by Gasteiger charge is 2.16. The third-order valence-electron chi connectivity index (χ3n) is 2.90. The van der Waals surface area contributed by atoms with Gasteiger partial charge in [0, 0.05) is 24.6 Å². The van der Waals surface area contributed by atoms with Crippen molar-refractivity contribution < 1.29 is 9.18 Å². The predicted octanol–water partition coefficient (Wildman–Crippen LogP) is 2.82. The number of nitrogen functional groups attached to an aromatic ring is 1. The second kappa shape index (κ2) is 5.63. The van der Waals surface area contributed by atoms with Gasteiger partial charge in [0.1, 0.15) is 5.82 Å². The lowest BCUT2D eigenvalue weighted by Gasteiger charge is -2.20. The van der Waals surface area contributed by atoms with Crippen molar-refractivity contribution >= 4 is 38.8 Å². The van der Waals surface area contributed by atoms with E-state index in [4.69, 9.17) is 5.73 Å². The average Bonchev–Trinajstić information content (AvgIpc) is 2.60. The van der Waals surface area contributed by atoms with Gasteiger partial charge in [-0.25, -0.2) is 9.37 Å². The molecule has 0 spiro atoms. The van der Waals surface area contributed by atoms with Crippen molar-refractivity contribution in [2.45, 2.75) is 39.3 Å². The number of amides is 1. The molecule has 0 aliphatic heterocycles. The van der Waals surface area contributed by atoms with Gasteiger partial charge < -0.3 is 15.6 Å². The summed E-state index contributed by atoms with van der Waals surface area (Å²) in [5.74, 6) is -0.199. The summed E-state index contributed by atoms with van der Waals surface area (Å²) in [6, 6.07) is 2.94. The number of carbonyl (C=O) groups excluding carboxylic acids is 1. The first-order chi connectivity index (χ1) is 9.67. The maximum Gasteiger partial charge on any atom is 0.222 e. The number of fused-ring (bicyclic) bond motifs is 1. The molecule has 0 saturated heterocycles. The molecule has 0 atom stereocenters. The average molecular weight is 357 g/mol. The molecule has 2 aromatic rings. The molecule has 1 heterocycles. The van der Waals surface area contributed by atoms with E-state index in [1.165, 1.54) is 6.07 Å². The fraction of sp³-hybridized carbons (Fsp3) is 0.429. The molecule has 1 amide bonds. The molecule has 21 heavy (non-hydrogen) atoms. The van der Waals surface area contributed by atoms with Gasteiger partial charge in [0.25, 0.3) is 0 Å². The van der Waals surface area contributed by atoms with E-state index in [1.54, 1.807) is 10.6 Å². The number of aryl methyl sites for hydroxylation is 1. The van der Waals surface area contributed by atoms with Gasteiger partial charge in [0.05, 0.1) is 15.5 Å². The highest BCUT2D eigenvalue weighted by atomic mass is 79.9. The monoisotopic (exact) mass is 356 g/mol. The normalized spacial score (nSPS) is 11.9. The third kappa shape index (κ3) is 3.72. The van der Waals surface area contributed by atoms with Crippen molar-refractivity contribution in [1.82, 2.24) is 14.9 Å². The van der Waals surface area contributed by atoms with Gasteiger partial charge in [-0.3, -0.25) is 4.79 Å². The number of imidazole rings is 1. The van der Waals surface area contributed by atoms with Gasteiger partial charge >= 0.3 is 0 Å². The lowest BCUT2D eigenvalue weighted by molar-refractivity contribution is -0.122. The summed E-state index contributed by atoms with van der Waals surface area (Å²) < 4.78 is 15.6. The van der Waals surface area contributed by atoms with Crippen LogP contribution >= 0.6 is 15.9 Å². The number of nitrogens with two attached hydrogens (primary N) is 1. The van der Waals surface area contributed by atoms with Gasteiger partial charge in [-0.1, -0.05) is 0 Å². The van der Waals surface area contributed by atoms with Crippen molar-refractivity contribution in [3.8, 4) is 0 Å². The number of hydrogen-bond donors (Lipinski definition) is 2. The summed E-state index contributed by atoms with van der Waals surface area (Å²) in [5, 5.41) is 2.87. The second-order valence-electron chi connectivity index (χ2n) is 5.92. The van der Waals surface area contributed by atoms with Crippen LogP contribution in [0, 0.1) is 5.82 Å². The van der Waals surface area contributed by atoms with Gasteiger partial charge in [0.15, 0.2) is 0 Å². The minimum atomic E-state index is -0.386. The molecule has 0 saturated carbocycles. The van der Waals surface area contributed by atoms with Gasteiger partial charge in [-0.2, -0.15) is 0 Å². The van der Waals surface area contributed by atoms with Crippen molar-refractivity contribution in [3.63, 3.8) is 0 Å². The molecule has 2 rings (SSSR count). The first-order valence-corrected chi connectivity index (χ1v) is 7.38. The zero-order chi connectivity index (χ0) is 15.8. The summed E-state index contributed by atoms with van der Waals surface area (Å²) in [5.41, 5.74) is 6.74. The first kappa shape index (κ1) is 15.8. The van der Waals surface area contributed by atoms with Crippen LogP contribution in [0.3, 0.4) is 0 Å². The van der Waals surface area contributed by atoms with Crippen molar-refractivity contribution in [2.75, 3.05) is 5.73 Å². The fourth-order valence-corrected chi connectivity index (χ4v) is 2.40. The Balaban J connectivity index is 2.21. The van der Waals surface area contributed by atoms with Crippen LogP contribution in [0.1, 0.15) is 27.2 Å². The van der Waals surface area contributed by atoms with Crippen LogP contribution < -0.4 is 11.1 Å². The number of aromatic nitrogens is 2. The number of benzene rings is 1. The van der Waals surface area contributed by atoms with Crippen LogP contribution in [-0.2, 0) is 11.3 Å². The Bertz CT molecular complexity index is 690. The highest BCUT2D eigenvalue weighted by molar-refractivity contribution is 9.10. The Morgan fingerprint density at radius 2 is 2.14 bits per heavy atom. The van der Waals surface area contributed by atoms with E-state index in [1.807, 2.05) is 20.8 Å². The van der Waals surface area contributed by atoms with Gasteiger partial charge in [0.2, 0.25) is 11.9 Å². The van der Waals surface area contributed by atoms with Crippen LogP contribution in [0.5, 0.6) is 0 Å². The maximum atomic E-state index is 13.7. The SMILES string of the molecule is CC(C)(C)NC(=O)CCn1c(N)nc2cc(Br)c(F)cc21. The number of nitrogens with one attached hydrogen (secondary N) is 1. The Hall–Kier alpha value is -1.63. The smallest absolute Gasteiger partial charge is 0.222 e. The van der Waals surface area contributed by atoms with E-state index >= 15 is 0 Å². The van der Waals surface area contributed by atoms with E-state index < -0.39 is 0 Å². The summed E-state index contributed by atoms with van der Waals surface area (Å²) in [7, 11) is 0. The molecule has 7 heteroatoms. The van der Waals surface area contributed by atoms with Crippen LogP contribution in [-0.4, -0.2) is 21.0 Å². The fourth-order valence-electron chi connectivity index (χ4n) is 2.07. The summed E-state index contributed by atoms with van der Waals surface area (Å²) in [6.07, 6.45) is 0.255. The molecule has 114 valence electrons. The number of carbonyl (C=O) groups is 1. The lowest BCUT2D eigenvalue weighted by Crippen LogP contribution is -2.40. The van der Waals surface area contributed by atoms with E-state index in [2.05, 4.69) is 26.2 Å². The van der Waals surface area contributed by atoms with Crippen LogP contribution in [0.2, 0.25) is 0 Å². The molecule has 3 N–H and O–H groups in total.